The zero-order valence-corrected chi connectivity index (χ0v) is 11.8. The molecule has 1 rings (SSSR count). The topological polar surface area (TPSA) is 55.1 Å². The summed E-state index contributed by atoms with van der Waals surface area (Å²) < 4.78 is 0. The molecule has 0 saturated carbocycles. The summed E-state index contributed by atoms with van der Waals surface area (Å²) in [5.41, 5.74) is 7.34. The van der Waals surface area contributed by atoms with Gasteiger partial charge in [-0.25, -0.2) is 0 Å². The molecule has 3 heteroatoms. The van der Waals surface area contributed by atoms with Crippen LogP contribution in [0.15, 0.2) is 24.3 Å². The van der Waals surface area contributed by atoms with Gasteiger partial charge in [-0.3, -0.25) is 4.79 Å². The fourth-order valence-electron chi connectivity index (χ4n) is 1.78. The van der Waals surface area contributed by atoms with Gasteiger partial charge < -0.3 is 11.1 Å². The van der Waals surface area contributed by atoms with E-state index in [0.29, 0.717) is 19.0 Å². The third kappa shape index (κ3) is 3.84. The highest BCUT2D eigenvalue weighted by Crippen LogP contribution is 2.25. The van der Waals surface area contributed by atoms with Gasteiger partial charge in [0.2, 0.25) is 0 Å². The molecule has 1 unspecified atom stereocenters. The van der Waals surface area contributed by atoms with Gasteiger partial charge in [0.1, 0.15) is 0 Å². The second kappa shape index (κ2) is 6.01. The van der Waals surface area contributed by atoms with Crippen molar-refractivity contribution < 1.29 is 4.79 Å². The van der Waals surface area contributed by atoms with Crippen LogP contribution in [0.5, 0.6) is 0 Å². The Kier molecular flexibility index (Phi) is 4.91. The number of hydrogen-bond acceptors (Lipinski definition) is 2. The van der Waals surface area contributed by atoms with Crippen molar-refractivity contribution in [2.75, 3.05) is 13.1 Å². The molecular formula is C15H24N2O. The van der Waals surface area contributed by atoms with E-state index in [0.717, 1.165) is 11.1 Å². The van der Waals surface area contributed by atoms with Crippen LogP contribution < -0.4 is 11.1 Å². The summed E-state index contributed by atoms with van der Waals surface area (Å²) in [5.74, 6) is 0.288. The Balaban J connectivity index is 2.86. The third-order valence-electron chi connectivity index (χ3n) is 2.99. The average molecular weight is 248 g/mol. The van der Waals surface area contributed by atoms with Gasteiger partial charge >= 0.3 is 0 Å². The molecule has 0 aromatic heterocycles. The van der Waals surface area contributed by atoms with Crippen molar-refractivity contribution in [3.05, 3.63) is 35.4 Å². The fourth-order valence-corrected chi connectivity index (χ4v) is 1.78. The Labute approximate surface area is 110 Å². The van der Waals surface area contributed by atoms with E-state index in [1.165, 1.54) is 0 Å². The summed E-state index contributed by atoms with van der Waals surface area (Å²) in [6, 6.07) is 7.76. The predicted octanol–water partition coefficient (Wildman–Crippen LogP) is 2.31. The Morgan fingerprint density at radius 3 is 2.50 bits per heavy atom. The van der Waals surface area contributed by atoms with Crippen LogP contribution in [-0.4, -0.2) is 19.0 Å². The lowest BCUT2D eigenvalue weighted by Crippen LogP contribution is -2.32. The molecule has 3 nitrogen and oxygen atoms in total. The monoisotopic (exact) mass is 248 g/mol. The molecule has 0 spiro atoms. The molecular weight excluding hydrogens is 224 g/mol. The summed E-state index contributed by atoms with van der Waals surface area (Å²) in [4.78, 5) is 12.2. The molecule has 1 atom stereocenters. The Morgan fingerprint density at radius 2 is 1.94 bits per heavy atom. The third-order valence-corrected chi connectivity index (χ3v) is 2.99. The second-order valence-electron chi connectivity index (χ2n) is 5.85. The van der Waals surface area contributed by atoms with Crippen LogP contribution in [-0.2, 0) is 5.41 Å². The zero-order chi connectivity index (χ0) is 13.8. The van der Waals surface area contributed by atoms with Gasteiger partial charge in [0.25, 0.3) is 5.91 Å². The number of carbonyl (C=O) groups excluding carboxylic acids is 1. The maximum absolute atomic E-state index is 12.2. The van der Waals surface area contributed by atoms with Gasteiger partial charge in [-0.15, -0.1) is 0 Å². The van der Waals surface area contributed by atoms with Crippen LogP contribution in [0.3, 0.4) is 0 Å². The number of benzene rings is 1. The second-order valence-corrected chi connectivity index (χ2v) is 5.85. The number of amides is 1. The Hall–Kier alpha value is -1.35. The van der Waals surface area contributed by atoms with Crippen molar-refractivity contribution in [3.8, 4) is 0 Å². The largest absolute Gasteiger partial charge is 0.352 e. The molecule has 0 saturated heterocycles. The van der Waals surface area contributed by atoms with Crippen molar-refractivity contribution in [1.29, 1.82) is 0 Å². The highest BCUT2D eigenvalue weighted by molar-refractivity contribution is 5.96. The van der Waals surface area contributed by atoms with E-state index in [1.807, 2.05) is 31.2 Å². The van der Waals surface area contributed by atoms with E-state index in [-0.39, 0.29) is 11.3 Å². The minimum atomic E-state index is -0.0343. The standard InChI is InChI=1S/C15H24N2O/c1-11(9-16)10-17-14(18)12-7-5-6-8-13(12)15(2,3)4/h5-8,11H,9-10,16H2,1-4H3,(H,17,18). The maximum atomic E-state index is 12.2. The molecule has 0 aliphatic heterocycles. The molecule has 0 radical (unpaired) electrons. The van der Waals surface area contributed by atoms with Gasteiger partial charge in [0.05, 0.1) is 0 Å². The normalized spacial score (nSPS) is 13.2. The number of hydrogen-bond donors (Lipinski definition) is 2. The highest BCUT2D eigenvalue weighted by atomic mass is 16.1. The summed E-state index contributed by atoms with van der Waals surface area (Å²) in [6.07, 6.45) is 0. The minimum Gasteiger partial charge on any atom is -0.352 e. The summed E-state index contributed by atoms with van der Waals surface area (Å²) in [6.45, 7) is 9.57. The summed E-state index contributed by atoms with van der Waals surface area (Å²) >= 11 is 0. The smallest absolute Gasteiger partial charge is 0.251 e. The molecule has 100 valence electrons. The molecule has 0 heterocycles. The number of nitrogens with two attached hydrogens (primary N) is 1. The number of rotatable bonds is 4. The van der Waals surface area contributed by atoms with Crippen molar-refractivity contribution in [2.24, 2.45) is 11.7 Å². The summed E-state index contributed by atoms with van der Waals surface area (Å²) in [5, 5.41) is 2.94. The van der Waals surface area contributed by atoms with E-state index in [1.54, 1.807) is 0 Å². The van der Waals surface area contributed by atoms with E-state index in [2.05, 4.69) is 26.1 Å². The molecule has 0 fully saturated rings. The van der Waals surface area contributed by atoms with Crippen LogP contribution in [0.4, 0.5) is 0 Å². The van der Waals surface area contributed by atoms with E-state index >= 15 is 0 Å². The zero-order valence-electron chi connectivity index (χ0n) is 11.8. The minimum absolute atomic E-state index is 0.0131. The van der Waals surface area contributed by atoms with Crippen LogP contribution in [0, 0.1) is 5.92 Å². The lowest BCUT2D eigenvalue weighted by Gasteiger charge is -2.22. The highest BCUT2D eigenvalue weighted by Gasteiger charge is 2.20. The van der Waals surface area contributed by atoms with E-state index < -0.39 is 0 Å². The quantitative estimate of drug-likeness (QED) is 0.859. The number of carbonyl (C=O) groups is 1. The van der Waals surface area contributed by atoms with Gasteiger partial charge in [-0.1, -0.05) is 45.9 Å². The molecule has 1 aromatic rings. The van der Waals surface area contributed by atoms with Crippen molar-refractivity contribution in [3.63, 3.8) is 0 Å². The fraction of sp³-hybridized carbons (Fsp3) is 0.533. The first kappa shape index (κ1) is 14.7. The molecule has 3 N–H and O–H groups in total. The van der Waals surface area contributed by atoms with Crippen LogP contribution in [0.1, 0.15) is 43.6 Å². The van der Waals surface area contributed by atoms with Gasteiger partial charge in [-0.05, 0) is 29.5 Å². The Morgan fingerprint density at radius 1 is 1.33 bits per heavy atom. The maximum Gasteiger partial charge on any atom is 0.251 e. The van der Waals surface area contributed by atoms with Gasteiger partial charge in [0.15, 0.2) is 0 Å². The molecule has 0 aliphatic carbocycles. The lowest BCUT2D eigenvalue weighted by atomic mass is 9.83. The van der Waals surface area contributed by atoms with Crippen LogP contribution >= 0.6 is 0 Å². The van der Waals surface area contributed by atoms with Crippen molar-refractivity contribution in [2.45, 2.75) is 33.1 Å². The SMILES string of the molecule is CC(CN)CNC(=O)c1ccccc1C(C)(C)C. The van der Waals surface area contributed by atoms with Crippen molar-refractivity contribution in [1.82, 2.24) is 5.32 Å². The molecule has 0 bridgehead atoms. The molecule has 0 aliphatic rings. The first-order valence-electron chi connectivity index (χ1n) is 6.44. The lowest BCUT2D eigenvalue weighted by molar-refractivity contribution is 0.0946. The first-order valence-corrected chi connectivity index (χ1v) is 6.44. The van der Waals surface area contributed by atoms with Crippen LogP contribution in [0.2, 0.25) is 0 Å². The molecule has 1 amide bonds. The van der Waals surface area contributed by atoms with Gasteiger partial charge in [0, 0.05) is 12.1 Å². The molecule has 18 heavy (non-hydrogen) atoms. The predicted molar refractivity (Wildman–Crippen MR) is 75.7 cm³/mol. The number of nitrogens with one attached hydrogen (secondary N) is 1. The van der Waals surface area contributed by atoms with Crippen LogP contribution in [0.25, 0.3) is 0 Å². The average Bonchev–Trinajstić information content (AvgIpc) is 2.34. The first-order chi connectivity index (χ1) is 8.36. The Bertz CT molecular complexity index is 407. The van der Waals surface area contributed by atoms with Crippen molar-refractivity contribution >= 4 is 5.91 Å². The molecule has 1 aromatic carbocycles. The van der Waals surface area contributed by atoms with E-state index in [9.17, 15) is 4.79 Å². The van der Waals surface area contributed by atoms with E-state index in [4.69, 9.17) is 5.73 Å². The van der Waals surface area contributed by atoms with Gasteiger partial charge in [-0.2, -0.15) is 0 Å². The summed E-state index contributed by atoms with van der Waals surface area (Å²) in [7, 11) is 0.